The fourth-order valence-corrected chi connectivity index (χ4v) is 3.20. The van der Waals surface area contributed by atoms with Crippen molar-refractivity contribution in [2.75, 3.05) is 0 Å². The van der Waals surface area contributed by atoms with Gasteiger partial charge in [0.05, 0.1) is 5.60 Å². The van der Waals surface area contributed by atoms with Crippen LogP contribution >= 0.6 is 0 Å². The monoisotopic (exact) mass is 154 g/mol. The SMILES string of the molecule is CC1(C)[C@@H]2CC[C@](C)(O)[C@@H]1C2. The minimum Gasteiger partial charge on any atom is -0.390 e. The molecule has 64 valence electrons. The van der Waals surface area contributed by atoms with Crippen molar-refractivity contribution >= 4 is 0 Å². The van der Waals surface area contributed by atoms with E-state index in [1.54, 1.807) is 0 Å². The highest BCUT2D eigenvalue weighted by Crippen LogP contribution is 2.62. The van der Waals surface area contributed by atoms with E-state index in [0.29, 0.717) is 11.3 Å². The molecule has 0 heterocycles. The smallest absolute Gasteiger partial charge is 0.0653 e. The minimum atomic E-state index is -0.363. The average molecular weight is 154 g/mol. The summed E-state index contributed by atoms with van der Waals surface area (Å²) in [5, 5.41) is 10.0. The van der Waals surface area contributed by atoms with Crippen LogP contribution in [0.1, 0.15) is 40.0 Å². The van der Waals surface area contributed by atoms with Gasteiger partial charge in [0.25, 0.3) is 0 Å². The number of rotatable bonds is 0. The van der Waals surface area contributed by atoms with Crippen LogP contribution in [0.3, 0.4) is 0 Å². The summed E-state index contributed by atoms with van der Waals surface area (Å²) in [7, 11) is 0. The topological polar surface area (TPSA) is 20.2 Å². The molecule has 0 spiro atoms. The van der Waals surface area contributed by atoms with Crippen molar-refractivity contribution in [3.63, 3.8) is 0 Å². The third kappa shape index (κ3) is 0.807. The van der Waals surface area contributed by atoms with E-state index >= 15 is 0 Å². The largest absolute Gasteiger partial charge is 0.390 e. The molecule has 2 bridgehead atoms. The molecule has 1 nitrogen and oxygen atoms in total. The van der Waals surface area contributed by atoms with Crippen molar-refractivity contribution < 1.29 is 5.11 Å². The lowest BCUT2D eigenvalue weighted by Crippen LogP contribution is -2.60. The fourth-order valence-electron chi connectivity index (χ4n) is 3.20. The molecule has 3 atom stereocenters. The standard InChI is InChI=1S/C10H18O/c1-9(2)7-4-5-10(3,11)8(9)6-7/h7-8,11H,4-6H2,1-3H3/t7-,8-,10+/m1/s1. The summed E-state index contributed by atoms with van der Waals surface area (Å²) in [5.41, 5.74) is 0.0556. The molecule has 1 heteroatoms. The molecule has 0 saturated heterocycles. The predicted molar refractivity (Wildman–Crippen MR) is 45.2 cm³/mol. The van der Waals surface area contributed by atoms with Crippen molar-refractivity contribution in [1.29, 1.82) is 0 Å². The summed E-state index contributed by atoms with van der Waals surface area (Å²) >= 11 is 0. The van der Waals surface area contributed by atoms with Gasteiger partial charge in [0.1, 0.15) is 0 Å². The lowest BCUT2D eigenvalue weighted by atomic mass is 9.44. The van der Waals surface area contributed by atoms with Crippen LogP contribution in [0.15, 0.2) is 0 Å². The highest BCUT2D eigenvalue weighted by Gasteiger charge is 2.58. The van der Waals surface area contributed by atoms with Gasteiger partial charge >= 0.3 is 0 Å². The first kappa shape index (κ1) is 7.60. The van der Waals surface area contributed by atoms with Crippen molar-refractivity contribution in [3.05, 3.63) is 0 Å². The van der Waals surface area contributed by atoms with Gasteiger partial charge in [-0.05, 0) is 43.4 Å². The number of aliphatic hydroxyl groups is 1. The highest BCUT2D eigenvalue weighted by atomic mass is 16.3. The second-order valence-electron chi connectivity index (χ2n) is 5.20. The van der Waals surface area contributed by atoms with Crippen LogP contribution in [0.25, 0.3) is 0 Å². The highest BCUT2D eigenvalue weighted by molar-refractivity contribution is 5.08. The summed E-state index contributed by atoms with van der Waals surface area (Å²) in [5.74, 6) is 1.46. The normalized spacial score (nSPS) is 53.5. The van der Waals surface area contributed by atoms with Gasteiger partial charge in [-0.3, -0.25) is 0 Å². The van der Waals surface area contributed by atoms with Crippen LogP contribution in [-0.4, -0.2) is 10.7 Å². The molecule has 0 amide bonds. The second-order valence-corrected chi connectivity index (χ2v) is 5.20. The average Bonchev–Trinajstić information content (AvgIpc) is 1.84. The van der Waals surface area contributed by atoms with Crippen LogP contribution in [0.5, 0.6) is 0 Å². The number of fused-ring (bicyclic) bond motifs is 2. The van der Waals surface area contributed by atoms with Gasteiger partial charge in [-0.1, -0.05) is 13.8 Å². The molecule has 3 fully saturated rings. The van der Waals surface area contributed by atoms with Crippen molar-refractivity contribution in [1.82, 2.24) is 0 Å². The maximum Gasteiger partial charge on any atom is 0.0653 e. The Morgan fingerprint density at radius 2 is 1.91 bits per heavy atom. The molecule has 3 saturated carbocycles. The molecule has 3 aliphatic rings. The number of hydrogen-bond acceptors (Lipinski definition) is 1. The predicted octanol–water partition coefficient (Wildman–Crippen LogP) is 2.19. The summed E-state index contributed by atoms with van der Waals surface area (Å²) in [6, 6.07) is 0. The van der Waals surface area contributed by atoms with Crippen LogP contribution in [0, 0.1) is 17.3 Å². The molecule has 0 unspecified atom stereocenters. The van der Waals surface area contributed by atoms with Crippen LogP contribution < -0.4 is 0 Å². The Labute approximate surface area is 68.8 Å². The zero-order valence-electron chi connectivity index (χ0n) is 7.72. The van der Waals surface area contributed by atoms with E-state index in [1.165, 1.54) is 12.8 Å². The molecule has 0 radical (unpaired) electrons. The Balaban J connectivity index is 2.23. The van der Waals surface area contributed by atoms with E-state index < -0.39 is 0 Å². The Bertz CT molecular complexity index is 171. The molecule has 0 aliphatic heterocycles. The Kier molecular flexibility index (Phi) is 1.26. The maximum absolute atomic E-state index is 10.0. The van der Waals surface area contributed by atoms with Gasteiger partial charge < -0.3 is 5.11 Å². The quantitative estimate of drug-likeness (QED) is 0.567. The Morgan fingerprint density at radius 1 is 1.27 bits per heavy atom. The van der Waals surface area contributed by atoms with Crippen LogP contribution in [-0.2, 0) is 0 Å². The van der Waals surface area contributed by atoms with E-state index in [-0.39, 0.29) is 5.60 Å². The van der Waals surface area contributed by atoms with Crippen molar-refractivity contribution in [2.24, 2.45) is 17.3 Å². The molecule has 1 N–H and O–H groups in total. The van der Waals surface area contributed by atoms with E-state index in [1.807, 2.05) is 6.92 Å². The fraction of sp³-hybridized carbons (Fsp3) is 1.00. The van der Waals surface area contributed by atoms with E-state index in [0.717, 1.165) is 12.3 Å². The van der Waals surface area contributed by atoms with Gasteiger partial charge in [0.2, 0.25) is 0 Å². The first-order chi connectivity index (χ1) is 4.94. The Hall–Kier alpha value is -0.0400. The maximum atomic E-state index is 10.0. The zero-order valence-corrected chi connectivity index (χ0v) is 7.72. The third-order valence-electron chi connectivity index (χ3n) is 4.22. The van der Waals surface area contributed by atoms with Gasteiger partial charge in [-0.25, -0.2) is 0 Å². The van der Waals surface area contributed by atoms with Crippen LogP contribution in [0.2, 0.25) is 0 Å². The van der Waals surface area contributed by atoms with Gasteiger partial charge in [0, 0.05) is 0 Å². The molecule has 3 rings (SSSR count). The molecular formula is C10H18O. The van der Waals surface area contributed by atoms with Crippen molar-refractivity contribution in [2.45, 2.75) is 45.6 Å². The summed E-state index contributed by atoms with van der Waals surface area (Å²) < 4.78 is 0. The first-order valence-electron chi connectivity index (χ1n) is 4.67. The van der Waals surface area contributed by atoms with E-state index in [4.69, 9.17) is 0 Å². The third-order valence-corrected chi connectivity index (χ3v) is 4.22. The minimum absolute atomic E-state index is 0.363. The second kappa shape index (κ2) is 1.82. The molecule has 3 aliphatic carbocycles. The zero-order chi connectivity index (χ0) is 8.28. The summed E-state index contributed by atoms with van der Waals surface area (Å²) in [6.07, 6.45) is 3.52. The molecular weight excluding hydrogens is 136 g/mol. The van der Waals surface area contributed by atoms with Gasteiger partial charge in [-0.2, -0.15) is 0 Å². The van der Waals surface area contributed by atoms with Crippen molar-refractivity contribution in [3.8, 4) is 0 Å². The van der Waals surface area contributed by atoms with Gasteiger partial charge in [-0.15, -0.1) is 0 Å². The Morgan fingerprint density at radius 3 is 2.18 bits per heavy atom. The molecule has 11 heavy (non-hydrogen) atoms. The lowest BCUT2D eigenvalue weighted by molar-refractivity contribution is -0.192. The lowest BCUT2D eigenvalue weighted by Gasteiger charge is -2.62. The summed E-state index contributed by atoms with van der Waals surface area (Å²) in [4.78, 5) is 0. The summed E-state index contributed by atoms with van der Waals surface area (Å²) in [6.45, 7) is 6.62. The van der Waals surface area contributed by atoms with E-state index in [9.17, 15) is 5.11 Å². The number of hydrogen-bond donors (Lipinski definition) is 1. The van der Waals surface area contributed by atoms with E-state index in [2.05, 4.69) is 13.8 Å². The molecule has 0 aromatic rings. The van der Waals surface area contributed by atoms with Gasteiger partial charge in [0.15, 0.2) is 0 Å². The first-order valence-corrected chi connectivity index (χ1v) is 4.67. The van der Waals surface area contributed by atoms with Crippen LogP contribution in [0.4, 0.5) is 0 Å². The molecule has 0 aromatic heterocycles. The molecule has 0 aromatic carbocycles.